The van der Waals surface area contributed by atoms with E-state index in [4.69, 9.17) is 9.47 Å². The summed E-state index contributed by atoms with van der Waals surface area (Å²) in [6, 6.07) is 15.7. The molecule has 0 aromatic heterocycles. The topological polar surface area (TPSA) is 88.2 Å². The standard InChI is InChI=1S/C24H31N3O5S/c1-31-21-9-11-22(12-10-21)33(29,30)24(25-19-20-7-3-2-4-8-20)13-5-6-14-27(24)23(28)26-15-17-32-18-16-26/h2-4,7-12,25H,5-6,13-19H2,1H3. The average molecular weight is 474 g/mol. The molecule has 0 radical (unpaired) electrons. The fraction of sp³-hybridized carbons (Fsp3) is 0.458. The summed E-state index contributed by atoms with van der Waals surface area (Å²) in [7, 11) is -2.43. The molecule has 1 unspecified atom stereocenters. The van der Waals surface area contributed by atoms with Crippen LogP contribution >= 0.6 is 0 Å². The molecule has 2 aliphatic rings. The van der Waals surface area contributed by atoms with Crippen LogP contribution in [0.3, 0.4) is 0 Å². The van der Waals surface area contributed by atoms with Crippen LogP contribution in [0.5, 0.6) is 5.75 Å². The molecular formula is C24H31N3O5S. The normalized spacial score (nSPS) is 21.6. The number of likely N-dealkylation sites (tertiary alicyclic amines) is 1. The van der Waals surface area contributed by atoms with Crippen LogP contribution in [-0.2, 0) is 21.1 Å². The number of rotatable bonds is 6. The van der Waals surface area contributed by atoms with Crippen molar-refractivity contribution in [3.8, 4) is 5.75 Å². The van der Waals surface area contributed by atoms with Crippen molar-refractivity contribution in [1.29, 1.82) is 0 Å². The Hall–Kier alpha value is -2.62. The molecule has 2 fully saturated rings. The predicted molar refractivity (Wildman–Crippen MR) is 125 cm³/mol. The highest BCUT2D eigenvalue weighted by Gasteiger charge is 2.53. The third-order valence-corrected chi connectivity index (χ3v) is 8.67. The molecule has 2 aromatic carbocycles. The fourth-order valence-electron chi connectivity index (χ4n) is 4.47. The Labute approximate surface area is 195 Å². The Balaban J connectivity index is 1.75. The van der Waals surface area contributed by atoms with Gasteiger partial charge in [0, 0.05) is 26.2 Å². The van der Waals surface area contributed by atoms with Gasteiger partial charge in [-0.05, 0) is 49.1 Å². The number of ether oxygens (including phenoxy) is 2. The highest BCUT2D eigenvalue weighted by Crippen LogP contribution is 2.37. The Kier molecular flexibility index (Phi) is 7.21. The van der Waals surface area contributed by atoms with Crippen molar-refractivity contribution in [2.45, 2.75) is 35.7 Å². The summed E-state index contributed by atoms with van der Waals surface area (Å²) >= 11 is 0. The summed E-state index contributed by atoms with van der Waals surface area (Å²) < 4.78 is 39.0. The first-order chi connectivity index (χ1) is 16.0. The number of hydrogen-bond donors (Lipinski definition) is 1. The summed E-state index contributed by atoms with van der Waals surface area (Å²) in [5.41, 5.74) is 0.950. The smallest absolute Gasteiger partial charge is 0.322 e. The Morgan fingerprint density at radius 1 is 1.03 bits per heavy atom. The van der Waals surface area contributed by atoms with Crippen LogP contribution in [0.1, 0.15) is 24.8 Å². The summed E-state index contributed by atoms with van der Waals surface area (Å²) in [6.45, 7) is 2.50. The first-order valence-electron chi connectivity index (χ1n) is 11.3. The summed E-state index contributed by atoms with van der Waals surface area (Å²) in [6.07, 6.45) is 1.76. The third-order valence-electron chi connectivity index (χ3n) is 6.32. The number of amides is 2. The number of benzene rings is 2. The lowest BCUT2D eigenvalue weighted by molar-refractivity contribution is 0.0260. The minimum Gasteiger partial charge on any atom is -0.497 e. The van der Waals surface area contributed by atoms with Gasteiger partial charge in [-0.3, -0.25) is 10.2 Å². The second-order valence-corrected chi connectivity index (χ2v) is 10.4. The van der Waals surface area contributed by atoms with E-state index in [0.717, 1.165) is 12.0 Å². The number of urea groups is 1. The first kappa shape index (κ1) is 23.5. The number of carbonyl (C=O) groups excluding carboxylic acids is 1. The number of nitrogens with one attached hydrogen (secondary N) is 1. The van der Waals surface area contributed by atoms with Gasteiger partial charge < -0.3 is 14.4 Å². The average Bonchev–Trinajstić information content (AvgIpc) is 2.88. The molecule has 2 aliphatic heterocycles. The zero-order valence-electron chi connectivity index (χ0n) is 18.9. The number of carbonyl (C=O) groups is 1. The summed E-state index contributed by atoms with van der Waals surface area (Å²) in [5.74, 6) is 0.574. The molecule has 2 amide bonds. The largest absolute Gasteiger partial charge is 0.497 e. The molecule has 1 atom stereocenters. The van der Waals surface area contributed by atoms with Crippen LogP contribution in [0.2, 0.25) is 0 Å². The van der Waals surface area contributed by atoms with Gasteiger partial charge in [0.2, 0.25) is 14.8 Å². The number of sulfone groups is 1. The molecule has 1 N–H and O–H groups in total. The second kappa shape index (κ2) is 10.1. The van der Waals surface area contributed by atoms with Gasteiger partial charge in [0.1, 0.15) is 5.75 Å². The van der Waals surface area contributed by atoms with E-state index < -0.39 is 14.8 Å². The number of methoxy groups -OCH3 is 1. The fourth-order valence-corrected chi connectivity index (χ4v) is 6.49. The lowest BCUT2D eigenvalue weighted by Gasteiger charge is -2.48. The molecule has 0 saturated carbocycles. The van der Waals surface area contributed by atoms with Crippen molar-refractivity contribution in [2.24, 2.45) is 0 Å². The maximum atomic E-state index is 14.2. The molecule has 0 spiro atoms. The van der Waals surface area contributed by atoms with Crippen LogP contribution in [0.25, 0.3) is 0 Å². The molecule has 33 heavy (non-hydrogen) atoms. The monoisotopic (exact) mass is 473 g/mol. The van der Waals surface area contributed by atoms with Crippen LogP contribution in [0.15, 0.2) is 59.5 Å². The zero-order chi connectivity index (χ0) is 23.3. The quantitative estimate of drug-likeness (QED) is 0.694. The number of nitrogens with zero attached hydrogens (tertiary/aromatic N) is 2. The Morgan fingerprint density at radius 3 is 2.39 bits per heavy atom. The molecular weight excluding hydrogens is 442 g/mol. The van der Waals surface area contributed by atoms with Crippen LogP contribution in [0.4, 0.5) is 4.79 Å². The highest BCUT2D eigenvalue weighted by atomic mass is 32.2. The van der Waals surface area contributed by atoms with Crippen molar-refractivity contribution in [2.75, 3.05) is 40.0 Å². The zero-order valence-corrected chi connectivity index (χ0v) is 19.7. The number of morpholine rings is 1. The molecule has 8 nitrogen and oxygen atoms in total. The van der Waals surface area contributed by atoms with Crippen molar-refractivity contribution >= 4 is 15.9 Å². The van der Waals surface area contributed by atoms with E-state index in [-0.39, 0.29) is 10.9 Å². The lowest BCUT2D eigenvalue weighted by atomic mass is 10.1. The molecule has 9 heteroatoms. The van der Waals surface area contributed by atoms with Gasteiger partial charge >= 0.3 is 6.03 Å². The van der Waals surface area contributed by atoms with E-state index in [1.54, 1.807) is 29.2 Å². The second-order valence-electron chi connectivity index (χ2n) is 8.29. The van der Waals surface area contributed by atoms with Crippen LogP contribution in [-0.4, -0.2) is 69.2 Å². The summed E-state index contributed by atoms with van der Waals surface area (Å²) in [5, 5.41) is 3.32. The minimum absolute atomic E-state index is 0.158. The maximum absolute atomic E-state index is 14.2. The van der Waals surface area contributed by atoms with Gasteiger partial charge in [-0.25, -0.2) is 13.2 Å². The Bertz CT molecular complexity index is 1040. The van der Waals surface area contributed by atoms with Gasteiger partial charge in [0.25, 0.3) is 0 Å². The van der Waals surface area contributed by atoms with Crippen molar-refractivity contribution < 1.29 is 22.7 Å². The third kappa shape index (κ3) is 4.71. The molecule has 2 aromatic rings. The Morgan fingerprint density at radius 2 is 1.73 bits per heavy atom. The summed E-state index contributed by atoms with van der Waals surface area (Å²) in [4.78, 5) is 15.5. The molecule has 2 heterocycles. The van der Waals surface area contributed by atoms with Crippen molar-refractivity contribution in [3.05, 3.63) is 60.2 Å². The molecule has 178 valence electrons. The van der Waals surface area contributed by atoms with E-state index >= 15 is 0 Å². The van der Waals surface area contributed by atoms with E-state index in [2.05, 4.69) is 5.32 Å². The molecule has 0 aliphatic carbocycles. The van der Waals surface area contributed by atoms with E-state index in [1.165, 1.54) is 12.0 Å². The predicted octanol–water partition coefficient (Wildman–Crippen LogP) is 2.85. The lowest BCUT2D eigenvalue weighted by Crippen LogP contribution is -2.69. The minimum atomic E-state index is -3.97. The van der Waals surface area contributed by atoms with Crippen molar-refractivity contribution in [1.82, 2.24) is 15.1 Å². The van der Waals surface area contributed by atoms with E-state index in [9.17, 15) is 13.2 Å². The van der Waals surface area contributed by atoms with Crippen molar-refractivity contribution in [3.63, 3.8) is 0 Å². The van der Waals surface area contributed by atoms with Gasteiger partial charge in [-0.2, -0.15) is 0 Å². The van der Waals surface area contributed by atoms with Crippen LogP contribution < -0.4 is 10.1 Å². The van der Waals surface area contributed by atoms with E-state index in [1.807, 2.05) is 30.3 Å². The number of hydrogen-bond acceptors (Lipinski definition) is 6. The highest BCUT2D eigenvalue weighted by molar-refractivity contribution is 7.92. The van der Waals surface area contributed by atoms with Crippen LogP contribution in [0, 0.1) is 0 Å². The maximum Gasteiger partial charge on any atom is 0.322 e. The number of piperidine rings is 1. The van der Waals surface area contributed by atoms with Gasteiger partial charge in [-0.1, -0.05) is 30.3 Å². The van der Waals surface area contributed by atoms with Gasteiger partial charge in [0.15, 0.2) is 0 Å². The van der Waals surface area contributed by atoms with Gasteiger partial charge in [-0.15, -0.1) is 0 Å². The molecule has 2 saturated heterocycles. The SMILES string of the molecule is COc1ccc(S(=O)(=O)C2(NCc3ccccc3)CCCCN2C(=O)N2CCOCC2)cc1. The first-order valence-corrected chi connectivity index (χ1v) is 12.8. The van der Waals surface area contributed by atoms with Gasteiger partial charge in [0.05, 0.1) is 25.2 Å². The molecule has 0 bridgehead atoms. The molecule has 4 rings (SSSR count). The van der Waals surface area contributed by atoms with E-state index in [0.29, 0.717) is 58.0 Å².